The number of fused-ring (bicyclic) bond motifs is 2. The maximum absolute atomic E-state index is 14.0. The molecule has 5 rings (SSSR count). The molecule has 3 unspecified atom stereocenters. The molecular weight excluding hydrogens is 582 g/mol. The van der Waals surface area contributed by atoms with Gasteiger partial charge in [-0.3, -0.25) is 14.4 Å². The van der Waals surface area contributed by atoms with Crippen LogP contribution in [0.4, 0.5) is 0 Å². The Labute approximate surface area is 266 Å². The number of carbonyl (C=O) groups is 3. The maximum atomic E-state index is 14.0. The molecule has 1 aromatic heterocycles. The van der Waals surface area contributed by atoms with Crippen molar-refractivity contribution in [2.24, 2.45) is 5.92 Å². The van der Waals surface area contributed by atoms with E-state index in [1.165, 1.54) is 0 Å². The standard InChI is InChI=1S/C37H33N3O6/c1-24(31(28-17-13-25(22-38)14-18-28)9-6-12-34-39-32-10-4-5-11-33(32)46-34)40(35(41)20-30(37(44)45)21-36(42)43)23-26-15-16-27-7-2-3-8-29(27)19-26/h2-8,10-19,24,30-31H,9,20-21,23H2,1H3,(H,42,43)(H,44,45)/b12-6+. The monoisotopic (exact) mass is 615 g/mol. The largest absolute Gasteiger partial charge is 0.481 e. The first-order valence-corrected chi connectivity index (χ1v) is 15.0. The summed E-state index contributed by atoms with van der Waals surface area (Å²) >= 11 is 0. The molecule has 0 radical (unpaired) electrons. The Morgan fingerprint density at radius 3 is 2.35 bits per heavy atom. The van der Waals surface area contributed by atoms with Crippen LogP contribution in [0.15, 0.2) is 101 Å². The second-order valence-corrected chi connectivity index (χ2v) is 11.3. The SMILES string of the molecule is CC(C(C/C=C/c1nc2ccccc2o1)c1ccc(C#N)cc1)N(Cc1ccc2ccccc2c1)C(=O)CC(CC(=O)O)C(=O)O. The molecule has 2 N–H and O–H groups in total. The van der Waals surface area contributed by atoms with Crippen molar-refractivity contribution < 1.29 is 29.0 Å². The van der Waals surface area contributed by atoms with E-state index in [0.717, 1.165) is 27.4 Å². The zero-order valence-corrected chi connectivity index (χ0v) is 25.2. The normalized spacial score (nSPS) is 13.3. The minimum absolute atomic E-state index is 0.186. The topological polar surface area (TPSA) is 145 Å². The summed E-state index contributed by atoms with van der Waals surface area (Å²) in [5.74, 6) is -4.29. The summed E-state index contributed by atoms with van der Waals surface area (Å²) in [7, 11) is 0. The van der Waals surface area contributed by atoms with Gasteiger partial charge in [-0.1, -0.05) is 66.7 Å². The van der Waals surface area contributed by atoms with Crippen LogP contribution in [0.3, 0.4) is 0 Å². The number of aromatic nitrogens is 1. The van der Waals surface area contributed by atoms with E-state index in [9.17, 15) is 29.9 Å². The molecule has 0 bridgehead atoms. The number of hydrogen-bond donors (Lipinski definition) is 2. The van der Waals surface area contributed by atoms with Crippen LogP contribution in [0.2, 0.25) is 0 Å². The van der Waals surface area contributed by atoms with Crippen molar-refractivity contribution in [3.8, 4) is 6.07 Å². The number of rotatable bonds is 13. The predicted molar refractivity (Wildman–Crippen MR) is 174 cm³/mol. The summed E-state index contributed by atoms with van der Waals surface area (Å²) in [6.07, 6.45) is 3.05. The van der Waals surface area contributed by atoms with Gasteiger partial charge in [0.1, 0.15) is 5.52 Å². The van der Waals surface area contributed by atoms with E-state index in [2.05, 4.69) is 11.1 Å². The number of benzene rings is 4. The summed E-state index contributed by atoms with van der Waals surface area (Å²) in [5, 5.41) is 30.5. The smallest absolute Gasteiger partial charge is 0.307 e. The van der Waals surface area contributed by atoms with Crippen molar-refractivity contribution in [3.63, 3.8) is 0 Å². The molecule has 0 fully saturated rings. The van der Waals surface area contributed by atoms with Gasteiger partial charge in [-0.25, -0.2) is 4.98 Å². The van der Waals surface area contributed by atoms with Gasteiger partial charge in [0.15, 0.2) is 5.58 Å². The molecule has 3 atom stereocenters. The highest BCUT2D eigenvalue weighted by Crippen LogP contribution is 2.31. The average molecular weight is 616 g/mol. The minimum Gasteiger partial charge on any atom is -0.481 e. The Bertz CT molecular complexity index is 1910. The van der Waals surface area contributed by atoms with Crippen molar-refractivity contribution in [2.45, 2.75) is 44.7 Å². The fraction of sp³-hybridized carbons (Fsp3) is 0.216. The molecule has 1 amide bonds. The van der Waals surface area contributed by atoms with Crippen LogP contribution >= 0.6 is 0 Å². The Hall–Kier alpha value is -5.75. The van der Waals surface area contributed by atoms with Gasteiger partial charge in [0.2, 0.25) is 11.8 Å². The number of carboxylic acid groups (broad SMARTS) is 2. The lowest BCUT2D eigenvalue weighted by Gasteiger charge is -2.36. The Morgan fingerprint density at radius 1 is 0.935 bits per heavy atom. The van der Waals surface area contributed by atoms with E-state index >= 15 is 0 Å². The lowest BCUT2D eigenvalue weighted by Crippen LogP contribution is -2.43. The second kappa shape index (κ2) is 14.4. The number of allylic oxidation sites excluding steroid dienone is 1. The van der Waals surface area contributed by atoms with Crippen LogP contribution in [0, 0.1) is 17.2 Å². The van der Waals surface area contributed by atoms with Gasteiger partial charge in [0.25, 0.3) is 0 Å². The van der Waals surface area contributed by atoms with Gasteiger partial charge in [-0.2, -0.15) is 5.26 Å². The fourth-order valence-corrected chi connectivity index (χ4v) is 5.69. The number of amides is 1. The highest BCUT2D eigenvalue weighted by molar-refractivity contribution is 5.86. The van der Waals surface area contributed by atoms with Gasteiger partial charge < -0.3 is 19.5 Å². The first-order chi connectivity index (χ1) is 22.2. The van der Waals surface area contributed by atoms with Crippen LogP contribution in [-0.2, 0) is 20.9 Å². The van der Waals surface area contributed by atoms with Crippen molar-refractivity contribution >= 4 is 45.8 Å². The molecule has 0 spiro atoms. The summed E-state index contributed by atoms with van der Waals surface area (Å²) < 4.78 is 5.84. The molecule has 1 heterocycles. The number of carboxylic acids is 2. The highest BCUT2D eigenvalue weighted by atomic mass is 16.4. The molecule has 0 saturated carbocycles. The Kier molecular flexibility index (Phi) is 9.88. The second-order valence-electron chi connectivity index (χ2n) is 11.3. The van der Waals surface area contributed by atoms with Gasteiger partial charge in [0, 0.05) is 24.9 Å². The van der Waals surface area contributed by atoms with Gasteiger partial charge >= 0.3 is 11.9 Å². The first kappa shape index (κ1) is 31.7. The van der Waals surface area contributed by atoms with Crippen LogP contribution < -0.4 is 0 Å². The number of nitriles is 1. The van der Waals surface area contributed by atoms with Gasteiger partial charge in [0.05, 0.1) is 24.0 Å². The number of carbonyl (C=O) groups excluding carboxylic acids is 1. The number of oxazole rings is 1. The van der Waals surface area contributed by atoms with Crippen LogP contribution in [0.25, 0.3) is 27.9 Å². The van der Waals surface area contributed by atoms with Crippen LogP contribution in [0.5, 0.6) is 0 Å². The number of hydrogen-bond acceptors (Lipinski definition) is 6. The molecule has 9 nitrogen and oxygen atoms in total. The van der Waals surface area contributed by atoms with E-state index in [1.54, 1.807) is 23.1 Å². The Balaban J connectivity index is 1.49. The summed E-state index contributed by atoms with van der Waals surface area (Å²) in [5.41, 5.74) is 3.63. The molecule has 5 aromatic rings. The Morgan fingerprint density at radius 2 is 1.65 bits per heavy atom. The lowest BCUT2D eigenvalue weighted by atomic mass is 9.87. The molecule has 46 heavy (non-hydrogen) atoms. The van der Waals surface area contributed by atoms with Crippen LogP contribution in [0.1, 0.15) is 54.7 Å². The average Bonchev–Trinajstić information content (AvgIpc) is 3.47. The van der Waals surface area contributed by atoms with E-state index in [4.69, 9.17) is 4.42 Å². The lowest BCUT2D eigenvalue weighted by molar-refractivity contribution is -0.151. The predicted octanol–water partition coefficient (Wildman–Crippen LogP) is 7.02. The molecule has 0 saturated heterocycles. The molecule has 0 aliphatic rings. The summed E-state index contributed by atoms with van der Waals surface area (Å²) in [6, 6.07) is 30.1. The highest BCUT2D eigenvalue weighted by Gasteiger charge is 2.32. The summed E-state index contributed by atoms with van der Waals surface area (Å²) in [4.78, 5) is 43.5. The maximum Gasteiger partial charge on any atom is 0.307 e. The number of nitrogens with zero attached hydrogens (tertiary/aromatic N) is 3. The number of aliphatic carboxylic acids is 2. The molecule has 9 heteroatoms. The van der Waals surface area contributed by atoms with Crippen molar-refractivity contribution in [1.29, 1.82) is 5.26 Å². The molecule has 0 aliphatic heterocycles. The third-order valence-electron chi connectivity index (χ3n) is 8.18. The minimum atomic E-state index is -1.37. The molecule has 0 aliphatic carbocycles. The van der Waals surface area contributed by atoms with Crippen LogP contribution in [-0.4, -0.2) is 44.0 Å². The molecular formula is C37H33N3O6. The molecule has 4 aromatic carbocycles. The van der Waals surface area contributed by atoms with Crippen molar-refractivity contribution in [2.75, 3.05) is 0 Å². The third-order valence-corrected chi connectivity index (χ3v) is 8.18. The quantitative estimate of drug-likeness (QED) is 0.144. The van der Waals surface area contributed by atoms with E-state index in [-0.39, 0.29) is 12.5 Å². The summed E-state index contributed by atoms with van der Waals surface area (Å²) in [6.45, 7) is 2.09. The zero-order chi connectivity index (χ0) is 32.6. The van der Waals surface area contributed by atoms with Gasteiger partial charge in [-0.05, 0) is 71.7 Å². The van der Waals surface area contributed by atoms with E-state index in [0.29, 0.717) is 23.5 Å². The van der Waals surface area contributed by atoms with E-state index < -0.39 is 42.6 Å². The van der Waals surface area contributed by atoms with Crippen molar-refractivity contribution in [1.82, 2.24) is 9.88 Å². The van der Waals surface area contributed by atoms with Gasteiger partial charge in [-0.15, -0.1) is 0 Å². The molecule has 232 valence electrons. The third kappa shape index (κ3) is 7.66. The first-order valence-electron chi connectivity index (χ1n) is 15.0. The van der Waals surface area contributed by atoms with E-state index in [1.807, 2.05) is 91.9 Å². The van der Waals surface area contributed by atoms with Crippen molar-refractivity contribution in [3.05, 3.63) is 120 Å². The number of para-hydroxylation sites is 2. The fourth-order valence-electron chi connectivity index (χ4n) is 5.69. The zero-order valence-electron chi connectivity index (χ0n) is 25.2.